The van der Waals surface area contributed by atoms with Gasteiger partial charge in [-0.3, -0.25) is 4.79 Å². The Balaban J connectivity index is 1.81. The topological polar surface area (TPSA) is 42.0 Å². The van der Waals surface area contributed by atoms with Crippen LogP contribution in [-0.4, -0.2) is 16.9 Å². The fourth-order valence-corrected chi connectivity index (χ4v) is 3.24. The van der Waals surface area contributed by atoms with Gasteiger partial charge in [0.2, 0.25) is 0 Å². The maximum absolute atomic E-state index is 12.3. The molecule has 2 aromatic rings. The minimum Gasteiger partial charge on any atom is -0.349 e. The maximum Gasteiger partial charge on any atom is 0.263 e. The molecule has 1 heterocycles. The summed E-state index contributed by atoms with van der Waals surface area (Å²) in [5, 5.41) is 3.12. The monoisotopic (exact) mass is 272 g/mol. The summed E-state index contributed by atoms with van der Waals surface area (Å²) in [4.78, 5) is 17.4. The van der Waals surface area contributed by atoms with Crippen molar-refractivity contribution in [2.24, 2.45) is 0 Å². The fourth-order valence-electron chi connectivity index (χ4n) is 2.53. The second-order valence-corrected chi connectivity index (χ2v) is 5.71. The number of nitrogens with zero attached hydrogens (tertiary/aromatic N) is 1. The van der Waals surface area contributed by atoms with Crippen LogP contribution in [0.1, 0.15) is 35.4 Å². The molecular formula is C15H16N2OS. The van der Waals surface area contributed by atoms with E-state index in [0.29, 0.717) is 6.04 Å². The van der Waals surface area contributed by atoms with E-state index in [1.54, 1.807) is 5.51 Å². The first-order valence-corrected chi connectivity index (χ1v) is 7.52. The van der Waals surface area contributed by atoms with E-state index in [4.69, 9.17) is 0 Å². The zero-order valence-corrected chi connectivity index (χ0v) is 11.5. The largest absolute Gasteiger partial charge is 0.349 e. The van der Waals surface area contributed by atoms with Crippen molar-refractivity contribution in [2.75, 3.05) is 0 Å². The highest BCUT2D eigenvalue weighted by Crippen LogP contribution is 2.26. The van der Waals surface area contributed by atoms with E-state index < -0.39 is 0 Å². The number of hydrogen-bond donors (Lipinski definition) is 1. The predicted octanol–water partition coefficient (Wildman–Crippen LogP) is 3.48. The Morgan fingerprint density at radius 1 is 1.21 bits per heavy atom. The summed E-state index contributed by atoms with van der Waals surface area (Å²) in [6.45, 7) is 0. The molecule has 3 nitrogen and oxygen atoms in total. The molecule has 0 spiro atoms. The fraction of sp³-hybridized carbons (Fsp3) is 0.333. The zero-order chi connectivity index (χ0) is 13.1. The van der Waals surface area contributed by atoms with Gasteiger partial charge in [-0.15, -0.1) is 11.3 Å². The molecule has 0 radical (unpaired) electrons. The quantitative estimate of drug-likeness (QED) is 0.929. The first-order chi connectivity index (χ1) is 9.34. The molecule has 98 valence electrons. The Morgan fingerprint density at radius 2 is 1.95 bits per heavy atom. The minimum absolute atomic E-state index is 0.0215. The molecule has 0 atom stereocenters. The first-order valence-electron chi connectivity index (χ1n) is 6.64. The molecule has 0 saturated heterocycles. The van der Waals surface area contributed by atoms with Crippen molar-refractivity contribution in [3.8, 4) is 11.3 Å². The number of carbonyl (C=O) groups excluding carboxylic acids is 1. The van der Waals surface area contributed by atoms with Crippen LogP contribution >= 0.6 is 11.3 Å². The predicted molar refractivity (Wildman–Crippen MR) is 77.3 cm³/mol. The van der Waals surface area contributed by atoms with Crippen LogP contribution in [0, 0.1) is 0 Å². The molecule has 1 aliphatic carbocycles. The summed E-state index contributed by atoms with van der Waals surface area (Å²) in [7, 11) is 0. The molecule has 1 amide bonds. The van der Waals surface area contributed by atoms with E-state index in [9.17, 15) is 4.79 Å². The van der Waals surface area contributed by atoms with Gasteiger partial charge in [0.25, 0.3) is 5.91 Å². The number of aromatic nitrogens is 1. The van der Waals surface area contributed by atoms with Gasteiger partial charge in [-0.25, -0.2) is 4.98 Å². The lowest BCUT2D eigenvalue weighted by Gasteiger charge is -2.11. The summed E-state index contributed by atoms with van der Waals surface area (Å²) in [6.07, 6.45) is 4.65. The molecule has 1 N–H and O–H groups in total. The highest BCUT2D eigenvalue weighted by atomic mass is 32.1. The van der Waals surface area contributed by atoms with E-state index in [2.05, 4.69) is 10.3 Å². The molecule has 0 bridgehead atoms. The third kappa shape index (κ3) is 2.68. The van der Waals surface area contributed by atoms with E-state index >= 15 is 0 Å². The van der Waals surface area contributed by atoms with E-state index in [0.717, 1.165) is 29.0 Å². The lowest BCUT2D eigenvalue weighted by atomic mass is 10.1. The van der Waals surface area contributed by atoms with E-state index in [-0.39, 0.29) is 5.91 Å². The molecule has 1 aromatic carbocycles. The lowest BCUT2D eigenvalue weighted by molar-refractivity contribution is 0.0942. The Morgan fingerprint density at radius 3 is 2.68 bits per heavy atom. The Hall–Kier alpha value is -1.68. The van der Waals surface area contributed by atoms with Gasteiger partial charge in [0, 0.05) is 11.6 Å². The summed E-state index contributed by atoms with van der Waals surface area (Å²) in [6, 6.07) is 10.2. The maximum atomic E-state index is 12.3. The van der Waals surface area contributed by atoms with Crippen LogP contribution in [0.2, 0.25) is 0 Å². The summed E-state index contributed by atoms with van der Waals surface area (Å²) < 4.78 is 0. The number of carbonyl (C=O) groups is 1. The van der Waals surface area contributed by atoms with Gasteiger partial charge in [-0.2, -0.15) is 0 Å². The lowest BCUT2D eigenvalue weighted by Crippen LogP contribution is -2.32. The molecule has 0 unspecified atom stereocenters. The molecule has 1 fully saturated rings. The van der Waals surface area contributed by atoms with Crippen LogP contribution in [-0.2, 0) is 0 Å². The number of amides is 1. The van der Waals surface area contributed by atoms with Crippen LogP contribution in [0.4, 0.5) is 0 Å². The SMILES string of the molecule is O=C(NC1CCCC1)c1scnc1-c1ccccc1. The zero-order valence-electron chi connectivity index (χ0n) is 10.6. The van der Waals surface area contributed by atoms with Gasteiger partial charge >= 0.3 is 0 Å². The third-order valence-corrected chi connectivity index (χ3v) is 4.34. The Bertz CT molecular complexity index is 559. The third-order valence-electron chi connectivity index (χ3n) is 3.51. The number of thiazole rings is 1. The van der Waals surface area contributed by atoms with Crippen LogP contribution in [0.25, 0.3) is 11.3 Å². The van der Waals surface area contributed by atoms with Gasteiger partial charge in [0.05, 0.1) is 11.2 Å². The van der Waals surface area contributed by atoms with Crippen molar-refractivity contribution in [1.82, 2.24) is 10.3 Å². The molecular weight excluding hydrogens is 256 g/mol. The molecule has 3 rings (SSSR count). The van der Waals surface area contributed by atoms with Crippen molar-refractivity contribution in [1.29, 1.82) is 0 Å². The second-order valence-electron chi connectivity index (χ2n) is 4.85. The van der Waals surface area contributed by atoms with Crippen LogP contribution in [0.5, 0.6) is 0 Å². The summed E-state index contributed by atoms with van der Waals surface area (Å²) in [5.41, 5.74) is 3.53. The standard InChI is InChI=1S/C15H16N2OS/c18-15(17-12-8-4-5-9-12)14-13(16-10-19-14)11-6-2-1-3-7-11/h1-3,6-7,10,12H,4-5,8-9H2,(H,17,18). The van der Waals surface area contributed by atoms with E-state index in [1.165, 1.54) is 24.2 Å². The van der Waals surface area contributed by atoms with Crippen LogP contribution in [0.15, 0.2) is 35.8 Å². The summed E-state index contributed by atoms with van der Waals surface area (Å²) in [5.74, 6) is 0.0215. The van der Waals surface area contributed by atoms with Gasteiger partial charge in [-0.1, -0.05) is 43.2 Å². The number of benzene rings is 1. The number of rotatable bonds is 3. The Kier molecular flexibility index (Phi) is 3.60. The van der Waals surface area contributed by atoms with Gasteiger partial charge in [0.1, 0.15) is 4.88 Å². The van der Waals surface area contributed by atoms with Gasteiger partial charge < -0.3 is 5.32 Å². The normalized spacial score (nSPS) is 15.6. The minimum atomic E-state index is 0.0215. The highest BCUT2D eigenvalue weighted by molar-refractivity contribution is 7.12. The molecule has 0 aliphatic heterocycles. The first kappa shape index (κ1) is 12.4. The van der Waals surface area contributed by atoms with Crippen LogP contribution in [0.3, 0.4) is 0 Å². The van der Waals surface area contributed by atoms with E-state index in [1.807, 2.05) is 30.3 Å². The smallest absolute Gasteiger partial charge is 0.263 e. The molecule has 19 heavy (non-hydrogen) atoms. The number of nitrogens with one attached hydrogen (secondary N) is 1. The van der Waals surface area contributed by atoms with Crippen LogP contribution < -0.4 is 5.32 Å². The van der Waals surface area contributed by atoms with Crippen molar-refractivity contribution < 1.29 is 4.79 Å². The van der Waals surface area contributed by atoms with Crippen molar-refractivity contribution in [3.63, 3.8) is 0 Å². The second kappa shape index (κ2) is 5.53. The highest BCUT2D eigenvalue weighted by Gasteiger charge is 2.21. The molecule has 1 saturated carbocycles. The molecule has 1 aliphatic rings. The molecule has 4 heteroatoms. The molecule has 1 aromatic heterocycles. The Labute approximate surface area is 116 Å². The van der Waals surface area contributed by atoms with Crippen molar-refractivity contribution >= 4 is 17.2 Å². The average molecular weight is 272 g/mol. The van der Waals surface area contributed by atoms with Crippen molar-refractivity contribution in [3.05, 3.63) is 40.7 Å². The van der Waals surface area contributed by atoms with Crippen molar-refractivity contribution in [2.45, 2.75) is 31.7 Å². The summed E-state index contributed by atoms with van der Waals surface area (Å²) >= 11 is 1.41. The number of hydrogen-bond acceptors (Lipinski definition) is 3. The van der Waals surface area contributed by atoms with Gasteiger partial charge in [0.15, 0.2) is 0 Å². The van der Waals surface area contributed by atoms with Gasteiger partial charge in [-0.05, 0) is 12.8 Å². The average Bonchev–Trinajstić information content (AvgIpc) is 3.10.